The molecule has 1 amide bonds. The van der Waals surface area contributed by atoms with Crippen molar-refractivity contribution in [3.05, 3.63) is 35.9 Å². The van der Waals surface area contributed by atoms with Gasteiger partial charge in [0.1, 0.15) is 0 Å². The van der Waals surface area contributed by atoms with Crippen LogP contribution in [0.4, 0.5) is 0 Å². The Morgan fingerprint density at radius 1 is 1.30 bits per heavy atom. The van der Waals surface area contributed by atoms with Crippen molar-refractivity contribution in [3.8, 4) is 0 Å². The normalized spacial score (nSPS) is 16.0. The van der Waals surface area contributed by atoms with Crippen LogP contribution in [0.2, 0.25) is 0 Å². The second kappa shape index (κ2) is 6.02. The van der Waals surface area contributed by atoms with Gasteiger partial charge in [0.05, 0.1) is 5.60 Å². The summed E-state index contributed by atoms with van der Waals surface area (Å²) in [4.78, 5) is 22.1. The van der Waals surface area contributed by atoms with E-state index in [9.17, 15) is 14.7 Å². The number of ether oxygens (including phenoxy) is 1. The lowest BCUT2D eigenvalue weighted by Gasteiger charge is -2.40. The number of benzene rings is 1. The van der Waals surface area contributed by atoms with Gasteiger partial charge in [0.15, 0.2) is 0 Å². The van der Waals surface area contributed by atoms with Gasteiger partial charge in [-0.2, -0.15) is 0 Å². The van der Waals surface area contributed by atoms with E-state index in [2.05, 4.69) is 5.32 Å². The van der Waals surface area contributed by atoms with Crippen molar-refractivity contribution in [2.24, 2.45) is 0 Å². The van der Waals surface area contributed by atoms with E-state index in [1.807, 2.05) is 0 Å². The number of hydrogen-bond acceptors (Lipinski definition) is 4. The van der Waals surface area contributed by atoms with E-state index in [1.165, 1.54) is 0 Å². The van der Waals surface area contributed by atoms with Crippen molar-refractivity contribution in [3.63, 3.8) is 0 Å². The molecule has 1 rings (SSSR count). The highest BCUT2D eigenvalue weighted by Crippen LogP contribution is 2.31. The minimum absolute atomic E-state index is 0.310. The molecule has 3 N–H and O–H groups in total. The van der Waals surface area contributed by atoms with Gasteiger partial charge in [-0.3, -0.25) is 4.79 Å². The van der Waals surface area contributed by atoms with Crippen molar-refractivity contribution >= 4 is 12.4 Å². The number of amides is 1. The van der Waals surface area contributed by atoms with Crippen LogP contribution >= 0.6 is 0 Å². The summed E-state index contributed by atoms with van der Waals surface area (Å²) in [5, 5.41) is 21.5. The summed E-state index contributed by atoms with van der Waals surface area (Å²) in [6, 6.07) is 8.22. The average molecular weight is 281 g/mol. The van der Waals surface area contributed by atoms with Crippen LogP contribution in [0.5, 0.6) is 0 Å². The molecule has 1 aromatic rings. The van der Waals surface area contributed by atoms with E-state index in [1.54, 1.807) is 51.1 Å². The molecular weight excluding hydrogens is 262 g/mol. The van der Waals surface area contributed by atoms with Crippen LogP contribution in [0.3, 0.4) is 0 Å². The summed E-state index contributed by atoms with van der Waals surface area (Å²) in [5.41, 5.74) is -2.30. The Kier molecular flexibility index (Phi) is 4.86. The first-order chi connectivity index (χ1) is 9.23. The topological polar surface area (TPSA) is 95.9 Å². The molecule has 0 aliphatic rings. The summed E-state index contributed by atoms with van der Waals surface area (Å²) in [6.45, 7) is 5.10. The SMILES string of the molecule is CC(C)(C)O[C@@](NC=O)(c1ccccc1)[C@@H](O)C(=O)O. The van der Waals surface area contributed by atoms with Gasteiger partial charge in [-0.1, -0.05) is 30.3 Å². The van der Waals surface area contributed by atoms with Crippen LogP contribution in [0, 0.1) is 0 Å². The van der Waals surface area contributed by atoms with Gasteiger partial charge < -0.3 is 20.3 Å². The molecule has 2 atom stereocenters. The molecule has 0 radical (unpaired) electrons. The third-order valence-electron chi connectivity index (χ3n) is 2.56. The number of carboxylic acids is 1. The largest absolute Gasteiger partial charge is 0.479 e. The number of aliphatic hydroxyl groups excluding tert-OH is 1. The Labute approximate surface area is 117 Å². The zero-order valence-corrected chi connectivity index (χ0v) is 11.7. The zero-order chi connectivity index (χ0) is 15.4. The first kappa shape index (κ1) is 16.1. The maximum atomic E-state index is 11.2. The van der Waals surface area contributed by atoms with E-state index < -0.39 is 23.4 Å². The first-order valence-corrected chi connectivity index (χ1v) is 6.11. The third kappa shape index (κ3) is 3.55. The molecular formula is C14H19NO5. The number of carbonyl (C=O) groups excluding carboxylic acids is 1. The minimum atomic E-state index is -1.95. The van der Waals surface area contributed by atoms with Crippen molar-refractivity contribution in [1.82, 2.24) is 5.32 Å². The fraction of sp³-hybridized carbons (Fsp3) is 0.429. The molecule has 0 bridgehead atoms. The van der Waals surface area contributed by atoms with Crippen LogP contribution in [-0.2, 0) is 20.1 Å². The lowest BCUT2D eigenvalue weighted by molar-refractivity contribution is -0.214. The number of carboxylic acid groups (broad SMARTS) is 1. The molecule has 20 heavy (non-hydrogen) atoms. The number of carbonyl (C=O) groups is 2. The van der Waals surface area contributed by atoms with Gasteiger partial charge in [0.25, 0.3) is 0 Å². The lowest BCUT2D eigenvalue weighted by Crippen LogP contribution is -2.59. The molecule has 0 heterocycles. The van der Waals surface area contributed by atoms with Gasteiger partial charge in [0, 0.05) is 5.56 Å². The van der Waals surface area contributed by atoms with Gasteiger partial charge in [-0.25, -0.2) is 4.79 Å². The Bertz CT molecular complexity index is 468. The number of rotatable bonds is 6. The molecule has 6 heteroatoms. The monoisotopic (exact) mass is 281 g/mol. The van der Waals surface area contributed by atoms with Crippen molar-refractivity contribution in [1.29, 1.82) is 0 Å². The molecule has 0 aliphatic heterocycles. The number of aliphatic hydroxyl groups is 1. The van der Waals surface area contributed by atoms with Gasteiger partial charge in [-0.15, -0.1) is 0 Å². The molecule has 0 aromatic heterocycles. The maximum absolute atomic E-state index is 11.2. The van der Waals surface area contributed by atoms with E-state index in [0.29, 0.717) is 12.0 Å². The Morgan fingerprint density at radius 3 is 2.25 bits per heavy atom. The van der Waals surface area contributed by atoms with E-state index >= 15 is 0 Å². The summed E-state index contributed by atoms with van der Waals surface area (Å²) < 4.78 is 5.70. The second-order valence-electron chi connectivity index (χ2n) is 5.32. The van der Waals surface area contributed by atoms with Crippen molar-refractivity contribution in [2.75, 3.05) is 0 Å². The molecule has 0 saturated carbocycles. The molecule has 0 saturated heterocycles. The number of hydrogen-bond donors (Lipinski definition) is 3. The quantitative estimate of drug-likeness (QED) is 0.530. The summed E-state index contributed by atoms with van der Waals surface area (Å²) in [6.07, 6.45) is -1.64. The van der Waals surface area contributed by atoms with Gasteiger partial charge in [-0.05, 0) is 20.8 Å². The average Bonchev–Trinajstić information content (AvgIpc) is 2.36. The molecule has 0 aliphatic carbocycles. The lowest BCUT2D eigenvalue weighted by atomic mass is 9.95. The van der Waals surface area contributed by atoms with Crippen LogP contribution in [0.1, 0.15) is 26.3 Å². The van der Waals surface area contributed by atoms with E-state index in [-0.39, 0.29) is 0 Å². The van der Waals surface area contributed by atoms with Gasteiger partial charge >= 0.3 is 5.97 Å². The highest BCUT2D eigenvalue weighted by molar-refractivity contribution is 5.75. The number of aliphatic carboxylic acids is 1. The minimum Gasteiger partial charge on any atom is -0.479 e. The molecule has 0 fully saturated rings. The summed E-state index contributed by atoms with van der Waals surface area (Å²) in [5.74, 6) is -1.49. The number of nitrogens with one attached hydrogen (secondary N) is 1. The van der Waals surface area contributed by atoms with Crippen LogP contribution < -0.4 is 5.32 Å². The van der Waals surface area contributed by atoms with Crippen LogP contribution in [0.25, 0.3) is 0 Å². The fourth-order valence-electron chi connectivity index (χ4n) is 1.89. The maximum Gasteiger partial charge on any atom is 0.338 e. The zero-order valence-electron chi connectivity index (χ0n) is 11.7. The Morgan fingerprint density at radius 2 is 1.85 bits per heavy atom. The second-order valence-corrected chi connectivity index (χ2v) is 5.32. The summed E-state index contributed by atoms with van der Waals surface area (Å²) in [7, 11) is 0. The Hall–Kier alpha value is -1.92. The van der Waals surface area contributed by atoms with Crippen LogP contribution in [-0.4, -0.2) is 34.3 Å². The standard InChI is InChI=1S/C14H19NO5/c1-13(2,3)20-14(15-9-16,11(17)12(18)19)10-7-5-4-6-8-10/h4-9,11,17H,1-3H3,(H,15,16)(H,18,19)/t11-,14-/m0/s1. The fourth-order valence-corrected chi connectivity index (χ4v) is 1.89. The molecule has 0 unspecified atom stereocenters. The van der Waals surface area contributed by atoms with E-state index in [0.717, 1.165) is 0 Å². The molecule has 6 nitrogen and oxygen atoms in total. The smallest absolute Gasteiger partial charge is 0.338 e. The third-order valence-corrected chi connectivity index (χ3v) is 2.56. The highest BCUT2D eigenvalue weighted by atomic mass is 16.6. The molecule has 0 spiro atoms. The predicted molar refractivity (Wildman–Crippen MR) is 71.8 cm³/mol. The van der Waals surface area contributed by atoms with Crippen LogP contribution in [0.15, 0.2) is 30.3 Å². The van der Waals surface area contributed by atoms with Crippen molar-refractivity contribution in [2.45, 2.75) is 38.2 Å². The molecule has 1 aromatic carbocycles. The molecule has 110 valence electrons. The summed E-state index contributed by atoms with van der Waals surface area (Å²) >= 11 is 0. The Balaban J connectivity index is 3.41. The van der Waals surface area contributed by atoms with E-state index in [4.69, 9.17) is 9.84 Å². The van der Waals surface area contributed by atoms with Gasteiger partial charge in [0.2, 0.25) is 18.2 Å². The predicted octanol–water partition coefficient (Wildman–Crippen LogP) is 0.846. The van der Waals surface area contributed by atoms with Crippen molar-refractivity contribution < 1.29 is 24.5 Å². The first-order valence-electron chi connectivity index (χ1n) is 6.11. The highest BCUT2D eigenvalue weighted by Gasteiger charge is 2.47.